The van der Waals surface area contributed by atoms with Gasteiger partial charge in [0.05, 0.1) is 6.61 Å². The van der Waals surface area contributed by atoms with Crippen LogP contribution in [0.1, 0.15) is 25.8 Å². The van der Waals surface area contributed by atoms with Crippen molar-refractivity contribution >= 4 is 0 Å². The monoisotopic (exact) mass is 164 g/mol. The number of ether oxygens (including phenoxy) is 1. The molecule has 0 aliphatic heterocycles. The van der Waals surface area contributed by atoms with Crippen molar-refractivity contribution in [1.29, 1.82) is 0 Å². The Morgan fingerprint density at radius 1 is 1.17 bits per heavy atom. The van der Waals surface area contributed by atoms with Crippen molar-refractivity contribution < 1.29 is 4.74 Å². The smallest absolute Gasteiger partial charge is 0.122 e. The lowest BCUT2D eigenvalue weighted by Gasteiger charge is -2.08. The van der Waals surface area contributed by atoms with Gasteiger partial charge in [-0.05, 0) is 25.0 Å². The Morgan fingerprint density at radius 3 is 2.58 bits per heavy atom. The lowest BCUT2D eigenvalue weighted by Crippen LogP contribution is -1.95. The fourth-order valence-electron chi connectivity index (χ4n) is 1.28. The summed E-state index contributed by atoms with van der Waals surface area (Å²) in [6.07, 6.45) is 2.28. The Labute approximate surface area is 74.4 Å². The average molecular weight is 164 g/mol. The van der Waals surface area contributed by atoms with E-state index in [4.69, 9.17) is 4.74 Å². The molecule has 0 heterocycles. The molecule has 0 atom stereocenters. The molecule has 0 amide bonds. The quantitative estimate of drug-likeness (QED) is 0.664. The van der Waals surface area contributed by atoms with Gasteiger partial charge < -0.3 is 4.74 Å². The third-order valence-corrected chi connectivity index (χ3v) is 1.79. The molecule has 12 heavy (non-hydrogen) atoms. The lowest BCUT2D eigenvalue weighted by atomic mass is 10.1. The van der Waals surface area contributed by atoms with Crippen LogP contribution in [0.5, 0.6) is 5.75 Å². The van der Waals surface area contributed by atoms with Crippen LogP contribution in [0.4, 0.5) is 0 Å². The molecule has 0 fully saturated rings. The zero-order valence-corrected chi connectivity index (χ0v) is 7.84. The topological polar surface area (TPSA) is 9.23 Å². The first-order valence-electron chi connectivity index (χ1n) is 4.59. The van der Waals surface area contributed by atoms with E-state index in [1.165, 1.54) is 12.0 Å². The number of aryl methyl sites for hydroxylation is 1. The van der Waals surface area contributed by atoms with Gasteiger partial charge in [0.1, 0.15) is 5.75 Å². The third-order valence-electron chi connectivity index (χ3n) is 1.79. The second-order valence-corrected chi connectivity index (χ2v) is 2.79. The number of rotatable bonds is 4. The van der Waals surface area contributed by atoms with Crippen LogP contribution >= 0.6 is 0 Å². The Kier molecular flexibility index (Phi) is 3.65. The number of benzene rings is 1. The minimum atomic E-state index is 0.751. The molecular weight excluding hydrogens is 148 g/mol. The molecule has 0 aliphatic carbocycles. The molecule has 1 nitrogen and oxygen atoms in total. The first kappa shape index (κ1) is 9.11. The van der Waals surface area contributed by atoms with E-state index in [1.54, 1.807) is 0 Å². The molecule has 0 N–H and O–H groups in total. The van der Waals surface area contributed by atoms with Crippen LogP contribution in [0.25, 0.3) is 0 Å². The largest absolute Gasteiger partial charge is 0.494 e. The zero-order valence-electron chi connectivity index (χ0n) is 7.84. The molecule has 1 rings (SSSR count). The summed E-state index contributed by atoms with van der Waals surface area (Å²) in [5.74, 6) is 1.04. The van der Waals surface area contributed by atoms with Crippen LogP contribution in [0.15, 0.2) is 24.3 Å². The highest BCUT2D eigenvalue weighted by Crippen LogP contribution is 2.18. The first-order valence-corrected chi connectivity index (χ1v) is 4.59. The molecule has 1 aromatic rings. The molecule has 0 saturated carbocycles. The van der Waals surface area contributed by atoms with E-state index in [0.717, 1.165) is 18.8 Å². The van der Waals surface area contributed by atoms with Crippen molar-refractivity contribution in [3.05, 3.63) is 29.8 Å². The minimum absolute atomic E-state index is 0.751. The molecule has 0 spiro atoms. The van der Waals surface area contributed by atoms with Crippen molar-refractivity contribution in [3.63, 3.8) is 0 Å². The predicted octanol–water partition coefficient (Wildman–Crippen LogP) is 3.04. The fourth-order valence-corrected chi connectivity index (χ4v) is 1.28. The summed E-state index contributed by atoms with van der Waals surface area (Å²) in [5.41, 5.74) is 1.32. The average Bonchev–Trinajstić information content (AvgIpc) is 2.09. The summed E-state index contributed by atoms with van der Waals surface area (Å²) >= 11 is 0. The SMILES string of the molecule is CCCc1ccccc1OCC. The normalized spacial score (nSPS) is 9.83. The van der Waals surface area contributed by atoms with Gasteiger partial charge in [-0.3, -0.25) is 0 Å². The maximum atomic E-state index is 5.49. The molecular formula is C11H16O. The van der Waals surface area contributed by atoms with E-state index in [2.05, 4.69) is 19.1 Å². The fraction of sp³-hybridized carbons (Fsp3) is 0.455. The Morgan fingerprint density at radius 2 is 1.92 bits per heavy atom. The molecule has 0 bridgehead atoms. The summed E-state index contributed by atoms with van der Waals surface area (Å²) < 4.78 is 5.49. The van der Waals surface area contributed by atoms with Crippen LogP contribution < -0.4 is 4.74 Å². The minimum Gasteiger partial charge on any atom is -0.494 e. The molecule has 0 aromatic heterocycles. The van der Waals surface area contributed by atoms with Gasteiger partial charge in [0.15, 0.2) is 0 Å². The van der Waals surface area contributed by atoms with Crippen molar-refractivity contribution in [2.45, 2.75) is 26.7 Å². The van der Waals surface area contributed by atoms with E-state index in [9.17, 15) is 0 Å². The standard InChI is InChI=1S/C11H16O/c1-3-7-10-8-5-6-9-11(10)12-4-2/h5-6,8-9H,3-4,7H2,1-2H3. The van der Waals surface area contributed by atoms with Gasteiger partial charge >= 0.3 is 0 Å². The van der Waals surface area contributed by atoms with Gasteiger partial charge in [-0.2, -0.15) is 0 Å². The van der Waals surface area contributed by atoms with Crippen LogP contribution in [0.2, 0.25) is 0 Å². The maximum absolute atomic E-state index is 5.49. The predicted molar refractivity (Wildman–Crippen MR) is 51.6 cm³/mol. The van der Waals surface area contributed by atoms with Gasteiger partial charge in [0.25, 0.3) is 0 Å². The second-order valence-electron chi connectivity index (χ2n) is 2.79. The summed E-state index contributed by atoms with van der Waals surface area (Å²) in [5, 5.41) is 0. The molecule has 0 radical (unpaired) electrons. The van der Waals surface area contributed by atoms with Crippen LogP contribution in [-0.2, 0) is 6.42 Å². The Bertz CT molecular complexity index is 205. The summed E-state index contributed by atoms with van der Waals surface area (Å²) in [7, 11) is 0. The van der Waals surface area contributed by atoms with Crippen molar-refractivity contribution in [2.24, 2.45) is 0 Å². The Hall–Kier alpha value is -0.980. The molecule has 0 saturated heterocycles. The maximum Gasteiger partial charge on any atom is 0.122 e. The van der Waals surface area contributed by atoms with Gasteiger partial charge in [-0.25, -0.2) is 0 Å². The van der Waals surface area contributed by atoms with E-state index in [1.807, 2.05) is 19.1 Å². The first-order chi connectivity index (χ1) is 5.88. The van der Waals surface area contributed by atoms with E-state index >= 15 is 0 Å². The highest BCUT2D eigenvalue weighted by Gasteiger charge is 1.99. The Balaban J connectivity index is 2.77. The third kappa shape index (κ3) is 2.26. The summed E-state index contributed by atoms with van der Waals surface area (Å²) in [6.45, 7) is 4.95. The number of hydrogen-bond donors (Lipinski definition) is 0. The molecule has 0 aliphatic rings. The highest BCUT2D eigenvalue weighted by atomic mass is 16.5. The van der Waals surface area contributed by atoms with Gasteiger partial charge in [0, 0.05) is 0 Å². The van der Waals surface area contributed by atoms with Crippen molar-refractivity contribution in [3.8, 4) is 5.75 Å². The van der Waals surface area contributed by atoms with Crippen LogP contribution in [0.3, 0.4) is 0 Å². The lowest BCUT2D eigenvalue weighted by molar-refractivity contribution is 0.336. The van der Waals surface area contributed by atoms with Gasteiger partial charge in [-0.15, -0.1) is 0 Å². The second kappa shape index (κ2) is 4.81. The molecule has 0 unspecified atom stereocenters. The van der Waals surface area contributed by atoms with Gasteiger partial charge in [-0.1, -0.05) is 31.5 Å². The molecule has 66 valence electrons. The van der Waals surface area contributed by atoms with Gasteiger partial charge in [0.2, 0.25) is 0 Å². The van der Waals surface area contributed by atoms with Crippen LogP contribution in [0, 0.1) is 0 Å². The summed E-state index contributed by atoms with van der Waals surface area (Å²) in [6, 6.07) is 8.25. The van der Waals surface area contributed by atoms with Crippen molar-refractivity contribution in [2.75, 3.05) is 6.61 Å². The van der Waals surface area contributed by atoms with E-state index in [-0.39, 0.29) is 0 Å². The molecule has 1 heteroatoms. The number of para-hydroxylation sites is 1. The van der Waals surface area contributed by atoms with E-state index < -0.39 is 0 Å². The highest BCUT2D eigenvalue weighted by molar-refractivity contribution is 5.33. The van der Waals surface area contributed by atoms with Crippen molar-refractivity contribution in [1.82, 2.24) is 0 Å². The molecule has 1 aromatic carbocycles. The van der Waals surface area contributed by atoms with E-state index in [0.29, 0.717) is 0 Å². The van der Waals surface area contributed by atoms with Crippen LogP contribution in [-0.4, -0.2) is 6.61 Å². The number of hydrogen-bond acceptors (Lipinski definition) is 1. The summed E-state index contributed by atoms with van der Waals surface area (Å²) in [4.78, 5) is 0. The zero-order chi connectivity index (χ0) is 8.81.